The molecule has 0 spiro atoms. The van der Waals surface area contributed by atoms with E-state index in [2.05, 4.69) is 32.8 Å². The third-order valence-electron chi connectivity index (χ3n) is 6.94. The molecule has 1 aromatic carbocycles. The lowest BCUT2D eigenvalue weighted by Crippen LogP contribution is -2.40. The van der Waals surface area contributed by atoms with Gasteiger partial charge in [0, 0.05) is 38.1 Å². The number of rotatable bonds is 11. The zero-order chi connectivity index (χ0) is 27.0. The Balaban J connectivity index is 1.45. The van der Waals surface area contributed by atoms with Crippen molar-refractivity contribution in [1.29, 1.82) is 0 Å². The zero-order valence-corrected chi connectivity index (χ0v) is 22.7. The van der Waals surface area contributed by atoms with E-state index in [1.54, 1.807) is 12.1 Å². The first kappa shape index (κ1) is 28.2. The highest BCUT2D eigenvalue weighted by molar-refractivity contribution is 7.89. The van der Waals surface area contributed by atoms with Crippen molar-refractivity contribution in [2.45, 2.75) is 56.4 Å². The van der Waals surface area contributed by atoms with E-state index >= 15 is 0 Å². The molecule has 2 fully saturated rings. The first-order valence-electron chi connectivity index (χ1n) is 13.4. The number of aromatic nitrogens is 2. The molecule has 11 nitrogen and oxygen atoms in total. The summed E-state index contributed by atoms with van der Waals surface area (Å²) in [6.07, 6.45) is 6.70. The lowest BCUT2D eigenvalue weighted by Gasteiger charge is -2.26. The van der Waals surface area contributed by atoms with Crippen LogP contribution in [-0.4, -0.2) is 79.2 Å². The van der Waals surface area contributed by atoms with Crippen LogP contribution in [0.3, 0.4) is 0 Å². The van der Waals surface area contributed by atoms with Gasteiger partial charge in [0.2, 0.25) is 16.0 Å². The number of morpholine rings is 1. The van der Waals surface area contributed by atoms with Gasteiger partial charge in [-0.3, -0.25) is 4.79 Å². The summed E-state index contributed by atoms with van der Waals surface area (Å²) >= 11 is 0. The van der Waals surface area contributed by atoms with Crippen molar-refractivity contribution in [1.82, 2.24) is 14.3 Å². The van der Waals surface area contributed by atoms with E-state index < -0.39 is 15.9 Å². The Hall–Kier alpha value is -2.80. The molecule has 4 N–H and O–H groups in total. The van der Waals surface area contributed by atoms with E-state index in [4.69, 9.17) is 4.74 Å². The van der Waals surface area contributed by atoms with Gasteiger partial charge in [-0.15, -0.1) is 0 Å². The van der Waals surface area contributed by atoms with Crippen molar-refractivity contribution >= 4 is 33.4 Å². The van der Waals surface area contributed by atoms with Gasteiger partial charge in [0.1, 0.15) is 11.4 Å². The molecule has 2 aliphatic rings. The molecule has 4 rings (SSSR count). The maximum atomic E-state index is 13.2. The largest absolute Gasteiger partial charge is 0.393 e. The lowest BCUT2D eigenvalue weighted by atomic mass is 9.87. The topological polar surface area (TPSA) is 146 Å². The molecule has 1 saturated carbocycles. The third kappa shape index (κ3) is 7.40. The summed E-state index contributed by atoms with van der Waals surface area (Å²) in [5.74, 6) is 0.889. The van der Waals surface area contributed by atoms with Crippen molar-refractivity contribution in [3.05, 3.63) is 36.0 Å². The van der Waals surface area contributed by atoms with Crippen LogP contribution in [0.15, 0.2) is 35.4 Å². The van der Waals surface area contributed by atoms with E-state index in [1.165, 1.54) is 22.6 Å². The molecule has 1 aliphatic heterocycles. The van der Waals surface area contributed by atoms with Crippen molar-refractivity contribution in [3.8, 4) is 0 Å². The highest BCUT2D eigenvalue weighted by atomic mass is 32.2. The molecule has 1 amide bonds. The molecule has 0 unspecified atom stereocenters. The predicted octanol–water partition coefficient (Wildman–Crippen LogP) is 2.92. The molecule has 1 saturated heterocycles. The van der Waals surface area contributed by atoms with Gasteiger partial charge in [0.15, 0.2) is 0 Å². The number of aliphatic hydroxyl groups excluding tert-OH is 1. The first-order chi connectivity index (χ1) is 18.4. The molecule has 2 aromatic rings. The van der Waals surface area contributed by atoms with E-state index in [1.807, 2.05) is 0 Å². The predicted molar refractivity (Wildman–Crippen MR) is 146 cm³/mol. The number of sulfonamides is 1. The van der Waals surface area contributed by atoms with E-state index in [-0.39, 0.29) is 11.0 Å². The number of carbonyl (C=O) groups excluding carboxylic acids is 1. The number of nitrogens with one attached hydrogen (secondary N) is 3. The smallest absolute Gasteiger partial charge is 0.260 e. The second kappa shape index (κ2) is 13.3. The number of benzene rings is 1. The van der Waals surface area contributed by atoms with Gasteiger partial charge in [-0.1, -0.05) is 13.3 Å². The SMILES string of the molecule is CCCCNc1ncc(C(=O)Nc2ccc(S(=O)(=O)N3CCOCC3)cc2)c(NCC2CCC(O)CC2)n1. The van der Waals surface area contributed by atoms with Gasteiger partial charge < -0.3 is 25.8 Å². The van der Waals surface area contributed by atoms with Crippen LogP contribution in [0.2, 0.25) is 0 Å². The van der Waals surface area contributed by atoms with Crippen LogP contribution in [-0.2, 0) is 14.8 Å². The Bertz CT molecular complexity index is 1160. The van der Waals surface area contributed by atoms with Crippen molar-refractivity contribution < 1.29 is 23.1 Å². The van der Waals surface area contributed by atoms with Crippen molar-refractivity contribution in [3.63, 3.8) is 0 Å². The monoisotopic (exact) mass is 546 g/mol. The minimum atomic E-state index is -3.61. The fraction of sp³-hybridized carbons (Fsp3) is 0.577. The van der Waals surface area contributed by atoms with Gasteiger partial charge in [-0.25, -0.2) is 13.4 Å². The Labute approximate surface area is 224 Å². The number of hydrogen-bond acceptors (Lipinski definition) is 9. The molecule has 38 heavy (non-hydrogen) atoms. The highest BCUT2D eigenvalue weighted by Crippen LogP contribution is 2.26. The average Bonchev–Trinajstić information content (AvgIpc) is 2.94. The summed E-state index contributed by atoms with van der Waals surface area (Å²) in [6, 6.07) is 6.14. The van der Waals surface area contributed by atoms with E-state index in [0.29, 0.717) is 61.8 Å². The Morgan fingerprint density at radius 2 is 1.82 bits per heavy atom. The summed E-state index contributed by atoms with van der Waals surface area (Å²) in [5, 5.41) is 19.2. The Kier molecular flexibility index (Phi) is 9.89. The number of ether oxygens (including phenoxy) is 1. The summed E-state index contributed by atoms with van der Waals surface area (Å²) in [6.45, 7) is 4.88. The summed E-state index contributed by atoms with van der Waals surface area (Å²) in [5.41, 5.74) is 0.764. The minimum Gasteiger partial charge on any atom is -0.393 e. The molecule has 0 radical (unpaired) electrons. The van der Waals surface area contributed by atoms with E-state index in [0.717, 1.165) is 45.1 Å². The molecule has 12 heteroatoms. The molecule has 0 bridgehead atoms. The first-order valence-corrected chi connectivity index (χ1v) is 14.8. The van der Waals surface area contributed by atoms with Crippen molar-refractivity contribution in [2.75, 3.05) is 55.3 Å². The average molecular weight is 547 g/mol. The molecule has 208 valence electrons. The van der Waals surface area contributed by atoms with E-state index in [9.17, 15) is 18.3 Å². The van der Waals surface area contributed by atoms with Crippen LogP contribution in [0.1, 0.15) is 55.8 Å². The maximum absolute atomic E-state index is 13.2. The number of hydrogen-bond donors (Lipinski definition) is 4. The number of anilines is 3. The molecule has 0 atom stereocenters. The molecular weight excluding hydrogens is 508 g/mol. The quantitative estimate of drug-likeness (QED) is 0.313. The molecular formula is C26H38N6O5S. The minimum absolute atomic E-state index is 0.170. The second-order valence-corrected chi connectivity index (χ2v) is 11.7. The van der Waals surface area contributed by atoms with Gasteiger partial charge >= 0.3 is 0 Å². The summed E-state index contributed by atoms with van der Waals surface area (Å²) in [4.78, 5) is 22.3. The maximum Gasteiger partial charge on any atom is 0.260 e. The normalized spacial score (nSPS) is 20.6. The zero-order valence-electron chi connectivity index (χ0n) is 21.9. The van der Waals surface area contributed by atoms with Crippen LogP contribution in [0, 0.1) is 5.92 Å². The van der Waals surface area contributed by atoms with Crippen LogP contribution >= 0.6 is 0 Å². The van der Waals surface area contributed by atoms with Gasteiger partial charge in [-0.05, 0) is 62.3 Å². The van der Waals surface area contributed by atoms with Crippen LogP contribution in [0.5, 0.6) is 0 Å². The molecule has 1 aromatic heterocycles. The summed E-state index contributed by atoms with van der Waals surface area (Å²) < 4.78 is 32.4. The Morgan fingerprint density at radius 1 is 1.11 bits per heavy atom. The van der Waals surface area contributed by atoms with Crippen LogP contribution < -0.4 is 16.0 Å². The molecule has 1 aliphatic carbocycles. The van der Waals surface area contributed by atoms with Gasteiger partial charge in [-0.2, -0.15) is 9.29 Å². The third-order valence-corrected chi connectivity index (χ3v) is 8.85. The molecule has 2 heterocycles. The van der Waals surface area contributed by atoms with Crippen LogP contribution in [0.25, 0.3) is 0 Å². The van der Waals surface area contributed by atoms with Gasteiger partial charge in [0.25, 0.3) is 5.91 Å². The fourth-order valence-electron chi connectivity index (χ4n) is 4.58. The lowest BCUT2D eigenvalue weighted by molar-refractivity contribution is 0.0730. The van der Waals surface area contributed by atoms with Crippen LogP contribution in [0.4, 0.5) is 17.5 Å². The Morgan fingerprint density at radius 3 is 2.50 bits per heavy atom. The van der Waals surface area contributed by atoms with Gasteiger partial charge in [0.05, 0.1) is 24.2 Å². The standard InChI is InChI=1S/C26H38N6O5S/c1-2-3-12-27-26-29-18-23(24(31-26)28-17-19-4-8-21(33)9-5-19)25(34)30-20-6-10-22(11-7-20)38(35,36)32-13-15-37-16-14-32/h6-7,10-11,18-19,21,33H,2-5,8-9,12-17H2,1H3,(H,30,34)(H2,27,28,29,31). The van der Waals surface area contributed by atoms with Crippen molar-refractivity contribution in [2.24, 2.45) is 5.92 Å². The highest BCUT2D eigenvalue weighted by Gasteiger charge is 2.26. The number of carbonyl (C=O) groups is 1. The number of amides is 1. The fourth-order valence-corrected chi connectivity index (χ4v) is 5.99. The number of nitrogens with zero attached hydrogens (tertiary/aromatic N) is 3. The number of unbranched alkanes of at least 4 members (excludes halogenated alkanes) is 1. The summed E-state index contributed by atoms with van der Waals surface area (Å²) in [7, 11) is -3.61. The number of aliphatic hydroxyl groups is 1. The second-order valence-electron chi connectivity index (χ2n) is 9.79.